The Bertz CT molecular complexity index is 1600. The van der Waals surface area contributed by atoms with Crippen LogP contribution in [0.4, 0.5) is 14.9 Å². The molecule has 3 atom stereocenters. The Balaban J connectivity index is 1.30. The molecule has 3 unspecified atom stereocenters. The molecular weight excluding hydrogens is 567 g/mol. The van der Waals surface area contributed by atoms with Crippen molar-refractivity contribution in [3.63, 3.8) is 0 Å². The second-order valence-corrected chi connectivity index (χ2v) is 14.1. The average molecular weight is 595 g/mol. The highest BCUT2D eigenvalue weighted by Gasteiger charge is 2.56. The zero-order valence-corrected chi connectivity index (χ0v) is 23.2. The van der Waals surface area contributed by atoms with Gasteiger partial charge in [-0.3, -0.25) is 14.5 Å². The van der Waals surface area contributed by atoms with Gasteiger partial charge in [-0.15, -0.1) is 0 Å². The molecule has 3 heterocycles. The zero-order valence-electron chi connectivity index (χ0n) is 21.6. The van der Waals surface area contributed by atoms with Crippen LogP contribution in [0, 0.1) is 5.82 Å². The van der Waals surface area contributed by atoms with Crippen molar-refractivity contribution in [1.82, 2.24) is 14.5 Å². The lowest BCUT2D eigenvalue weighted by Crippen LogP contribution is -2.49. The van der Waals surface area contributed by atoms with E-state index in [1.807, 2.05) is 0 Å². The number of carbonyl (C=O) groups excluding carboxylic acids is 3. The number of morpholine rings is 1. The third-order valence-corrected chi connectivity index (χ3v) is 10.7. The Morgan fingerprint density at radius 1 is 1.12 bits per heavy atom. The first-order valence-electron chi connectivity index (χ1n) is 12.5. The number of hydrogen-bond acceptors (Lipinski definition) is 8. The van der Waals surface area contributed by atoms with E-state index in [9.17, 15) is 35.6 Å². The molecule has 3 aliphatic heterocycles. The summed E-state index contributed by atoms with van der Waals surface area (Å²) < 4.78 is 72.1. The van der Waals surface area contributed by atoms with Crippen LogP contribution in [0.1, 0.15) is 25.8 Å². The van der Waals surface area contributed by atoms with E-state index in [0.717, 1.165) is 18.2 Å². The molecule has 1 spiro atoms. The van der Waals surface area contributed by atoms with Crippen molar-refractivity contribution < 1.29 is 40.3 Å². The first kappa shape index (κ1) is 28.1. The molecule has 2 fully saturated rings. The molecule has 214 valence electrons. The lowest BCUT2D eigenvalue weighted by atomic mass is 9.86. The van der Waals surface area contributed by atoms with Crippen LogP contribution in [0.2, 0.25) is 0 Å². The molecule has 0 bridgehead atoms. The number of nitrogens with zero attached hydrogens (tertiary/aromatic N) is 2. The van der Waals surface area contributed by atoms with Gasteiger partial charge in [-0.2, -0.15) is 4.31 Å². The zero-order chi connectivity index (χ0) is 29.0. The number of amides is 4. The van der Waals surface area contributed by atoms with Crippen LogP contribution in [-0.4, -0.2) is 81.5 Å². The molecule has 0 saturated carbocycles. The maximum Gasteiger partial charge on any atom is 0.325 e. The van der Waals surface area contributed by atoms with E-state index in [0.29, 0.717) is 4.90 Å². The Morgan fingerprint density at radius 2 is 1.77 bits per heavy atom. The minimum atomic E-state index is -3.79. The normalized spacial score (nSPS) is 26.4. The van der Waals surface area contributed by atoms with E-state index in [1.54, 1.807) is 13.8 Å². The van der Waals surface area contributed by atoms with Gasteiger partial charge in [0.05, 0.1) is 27.8 Å². The fourth-order valence-electron chi connectivity index (χ4n) is 5.29. The maximum absolute atomic E-state index is 14.1. The van der Waals surface area contributed by atoms with Gasteiger partial charge < -0.3 is 15.4 Å². The monoisotopic (exact) mass is 594 g/mol. The van der Waals surface area contributed by atoms with Crippen LogP contribution in [-0.2, 0) is 39.7 Å². The number of benzene rings is 2. The number of urea groups is 1. The van der Waals surface area contributed by atoms with E-state index in [1.165, 1.54) is 28.6 Å². The summed E-state index contributed by atoms with van der Waals surface area (Å²) in [7, 11) is -7.58. The van der Waals surface area contributed by atoms with Crippen LogP contribution in [0.5, 0.6) is 0 Å². The smallest absolute Gasteiger partial charge is 0.325 e. The van der Waals surface area contributed by atoms with Crippen molar-refractivity contribution >= 4 is 43.4 Å². The minimum absolute atomic E-state index is 0.0287. The van der Waals surface area contributed by atoms with E-state index in [4.69, 9.17) is 4.74 Å². The fraction of sp³-hybridized carbons (Fsp3) is 0.400. The summed E-state index contributed by atoms with van der Waals surface area (Å²) in [6, 6.07) is 7.44. The van der Waals surface area contributed by atoms with E-state index in [2.05, 4.69) is 10.6 Å². The summed E-state index contributed by atoms with van der Waals surface area (Å²) in [5.74, 6) is -2.86. The Labute approximate surface area is 230 Å². The SMILES string of the molecule is CC1CN(S(=O)(=O)c2ccc(NC(=O)CN3C(=O)NC4(CCS(=O)(=O)c5ccc(F)cc54)C3=O)cc2)CC(C)O1. The molecule has 0 aromatic heterocycles. The lowest BCUT2D eigenvalue weighted by molar-refractivity contribution is -0.134. The number of fused-ring (bicyclic) bond motifs is 2. The summed E-state index contributed by atoms with van der Waals surface area (Å²) >= 11 is 0. The Kier molecular flexibility index (Phi) is 6.97. The van der Waals surface area contributed by atoms with Gasteiger partial charge >= 0.3 is 6.03 Å². The van der Waals surface area contributed by atoms with Crippen LogP contribution in [0.3, 0.4) is 0 Å². The Hall–Kier alpha value is -3.40. The van der Waals surface area contributed by atoms with Crippen LogP contribution >= 0.6 is 0 Å². The number of ether oxygens (including phenoxy) is 1. The van der Waals surface area contributed by atoms with Gasteiger partial charge in [0.1, 0.15) is 17.9 Å². The van der Waals surface area contributed by atoms with Crippen molar-refractivity contribution in [2.24, 2.45) is 0 Å². The van der Waals surface area contributed by atoms with Gasteiger partial charge in [0.15, 0.2) is 9.84 Å². The van der Waals surface area contributed by atoms with Gasteiger partial charge in [-0.1, -0.05) is 0 Å². The number of nitrogens with one attached hydrogen (secondary N) is 2. The van der Waals surface area contributed by atoms with E-state index < -0.39 is 61.4 Å². The van der Waals surface area contributed by atoms with Crippen molar-refractivity contribution in [2.75, 3.05) is 30.7 Å². The van der Waals surface area contributed by atoms with Gasteiger partial charge in [-0.25, -0.2) is 26.0 Å². The maximum atomic E-state index is 14.1. The van der Waals surface area contributed by atoms with E-state index >= 15 is 0 Å². The fourth-order valence-corrected chi connectivity index (χ4v) is 8.52. The van der Waals surface area contributed by atoms with Crippen molar-refractivity contribution in [1.29, 1.82) is 0 Å². The molecule has 2 aromatic rings. The second-order valence-electron chi connectivity index (χ2n) is 10.1. The summed E-state index contributed by atoms with van der Waals surface area (Å²) in [5, 5.41) is 4.98. The number of hydrogen-bond donors (Lipinski definition) is 2. The number of anilines is 1. The molecular formula is C25H27FN4O8S2. The van der Waals surface area contributed by atoms with Crippen LogP contribution < -0.4 is 10.6 Å². The highest BCUT2D eigenvalue weighted by atomic mass is 32.2. The summed E-state index contributed by atoms with van der Waals surface area (Å²) in [4.78, 5) is 39.3. The number of imide groups is 1. The van der Waals surface area contributed by atoms with Gasteiger partial charge in [-0.05, 0) is 62.7 Å². The molecule has 5 rings (SSSR count). The van der Waals surface area contributed by atoms with Crippen molar-refractivity contribution in [3.8, 4) is 0 Å². The average Bonchev–Trinajstić information content (AvgIpc) is 3.11. The summed E-state index contributed by atoms with van der Waals surface area (Å²) in [6.45, 7) is 3.30. The first-order valence-corrected chi connectivity index (χ1v) is 15.5. The molecule has 4 amide bonds. The van der Waals surface area contributed by atoms with Gasteiger partial charge in [0.2, 0.25) is 15.9 Å². The molecule has 3 aliphatic rings. The molecule has 2 saturated heterocycles. The second kappa shape index (κ2) is 9.90. The lowest BCUT2D eigenvalue weighted by Gasteiger charge is -2.34. The van der Waals surface area contributed by atoms with Gasteiger partial charge in [0.25, 0.3) is 5.91 Å². The molecule has 2 N–H and O–H groups in total. The molecule has 2 aromatic carbocycles. The topological polar surface area (TPSA) is 159 Å². The third kappa shape index (κ3) is 4.87. The third-order valence-electron chi connectivity index (χ3n) is 7.12. The predicted molar refractivity (Wildman–Crippen MR) is 139 cm³/mol. The number of carbonyl (C=O) groups is 3. The standard InChI is InChI=1S/C25H27FN4O8S2/c1-15-12-29(13-16(2)38-15)40(36,37)19-6-4-18(5-7-19)27-22(31)14-30-23(32)25(28-24(30)33)9-10-39(34,35)21-8-3-17(26)11-20(21)25/h3-8,11,15-16H,9-10,12-14H2,1-2H3,(H,27,31)(H,28,33). The van der Waals surface area contributed by atoms with Crippen molar-refractivity contribution in [2.45, 2.75) is 47.8 Å². The van der Waals surface area contributed by atoms with Crippen LogP contribution in [0.25, 0.3) is 0 Å². The molecule has 0 radical (unpaired) electrons. The molecule has 15 heteroatoms. The highest BCUT2D eigenvalue weighted by molar-refractivity contribution is 7.91. The molecule has 0 aliphatic carbocycles. The summed E-state index contributed by atoms with van der Waals surface area (Å²) in [6.07, 6.45) is -0.829. The highest BCUT2D eigenvalue weighted by Crippen LogP contribution is 2.41. The molecule has 12 nitrogen and oxygen atoms in total. The number of rotatable bonds is 5. The van der Waals surface area contributed by atoms with Gasteiger partial charge in [0, 0.05) is 24.3 Å². The minimum Gasteiger partial charge on any atom is -0.373 e. The Morgan fingerprint density at radius 3 is 2.42 bits per heavy atom. The number of sulfone groups is 1. The number of sulfonamides is 1. The largest absolute Gasteiger partial charge is 0.373 e. The van der Waals surface area contributed by atoms with Crippen LogP contribution in [0.15, 0.2) is 52.3 Å². The number of halogens is 1. The van der Waals surface area contributed by atoms with Crippen molar-refractivity contribution in [3.05, 3.63) is 53.8 Å². The summed E-state index contributed by atoms with van der Waals surface area (Å²) in [5.41, 5.74) is -1.77. The first-order chi connectivity index (χ1) is 18.7. The molecule has 40 heavy (non-hydrogen) atoms. The quantitative estimate of drug-likeness (QED) is 0.386. The van der Waals surface area contributed by atoms with E-state index in [-0.39, 0.29) is 52.8 Å². The predicted octanol–water partition coefficient (Wildman–Crippen LogP) is 1.19.